The molecule has 3 aliphatic rings. The first-order valence-electron chi connectivity index (χ1n) is 15.0. The van der Waals surface area contributed by atoms with E-state index in [1.165, 1.54) is 11.3 Å². The summed E-state index contributed by atoms with van der Waals surface area (Å²) in [7, 11) is 0. The highest BCUT2D eigenvalue weighted by molar-refractivity contribution is 7.21. The second-order valence-corrected chi connectivity index (χ2v) is 12.5. The van der Waals surface area contributed by atoms with Crippen LogP contribution in [0.4, 0.5) is 21.9 Å². The van der Waals surface area contributed by atoms with Gasteiger partial charge < -0.3 is 20.3 Å². The first kappa shape index (κ1) is 28.6. The minimum Gasteiger partial charge on any atom is -0.457 e. The topological polar surface area (TPSA) is 128 Å². The average Bonchev–Trinajstić information content (AvgIpc) is 3.80. The zero-order valence-corrected chi connectivity index (χ0v) is 25.4. The number of benzene rings is 2. The fraction of sp³-hybridized carbons (Fsp3) is 0.265. The molecule has 4 amide bonds. The number of pyridine rings is 1. The number of rotatable bonds is 7. The number of anilines is 3. The molecule has 2 aromatic carbocycles. The van der Waals surface area contributed by atoms with Crippen LogP contribution in [-0.2, 0) is 4.79 Å². The number of aromatic nitrogens is 1. The third-order valence-corrected chi connectivity index (χ3v) is 9.37. The number of nitrogens with one attached hydrogen (secondary N) is 2. The van der Waals surface area contributed by atoms with Crippen LogP contribution >= 0.6 is 11.3 Å². The number of carbonyl (C=O) groups excluding carboxylic acids is 3. The number of carbonyl (C=O) groups is 3. The molecule has 11 heteroatoms. The predicted octanol–water partition coefficient (Wildman–Crippen LogP) is 6.66. The van der Waals surface area contributed by atoms with E-state index in [1.54, 1.807) is 28.1 Å². The minimum atomic E-state index is -0.400. The van der Waals surface area contributed by atoms with Crippen molar-refractivity contribution in [2.24, 2.45) is 5.92 Å². The number of aryl methyl sites for hydroxylation is 1. The lowest BCUT2D eigenvalue weighted by Gasteiger charge is -2.33. The molecule has 0 radical (unpaired) electrons. The second-order valence-electron chi connectivity index (χ2n) is 11.5. The molecule has 226 valence electrons. The molecule has 0 bridgehead atoms. The Morgan fingerprint density at radius 3 is 2.71 bits per heavy atom. The third-order valence-electron chi connectivity index (χ3n) is 8.27. The number of ether oxygens (including phenoxy) is 1. The lowest BCUT2D eigenvalue weighted by Crippen LogP contribution is -2.50. The first-order valence-corrected chi connectivity index (χ1v) is 15.8. The monoisotopic (exact) mass is 618 g/mol. The first-order chi connectivity index (χ1) is 21.9. The fourth-order valence-electron chi connectivity index (χ4n) is 5.86. The van der Waals surface area contributed by atoms with Crippen molar-refractivity contribution in [3.05, 3.63) is 82.9 Å². The second kappa shape index (κ2) is 11.7. The number of para-hydroxylation sites is 1. The van der Waals surface area contributed by atoms with E-state index in [1.807, 2.05) is 55.5 Å². The highest BCUT2D eigenvalue weighted by Gasteiger charge is 2.35. The summed E-state index contributed by atoms with van der Waals surface area (Å²) in [6.45, 7) is 2.78. The molecule has 2 N–H and O–H groups in total. The van der Waals surface area contributed by atoms with E-state index in [2.05, 4.69) is 21.7 Å². The molecule has 1 saturated carbocycles. The molecule has 45 heavy (non-hydrogen) atoms. The molecule has 1 unspecified atom stereocenters. The zero-order valence-electron chi connectivity index (χ0n) is 24.6. The van der Waals surface area contributed by atoms with Gasteiger partial charge in [-0.1, -0.05) is 30.3 Å². The van der Waals surface area contributed by atoms with E-state index in [9.17, 15) is 19.6 Å². The Bertz CT molecular complexity index is 1910. The Kier molecular flexibility index (Phi) is 7.43. The van der Waals surface area contributed by atoms with Crippen LogP contribution in [0.5, 0.6) is 11.5 Å². The Morgan fingerprint density at radius 2 is 1.93 bits per heavy atom. The molecule has 2 aliphatic heterocycles. The summed E-state index contributed by atoms with van der Waals surface area (Å²) in [5.41, 5.74) is 2.74. The molecule has 4 aromatic rings. The molecule has 4 heterocycles. The SMILES string of the molecule is Cc1ccc(Oc2ccccc2)cc1N1C(=O)Nc2c(C(=O)NC3CCCN(C(=O)C(C#N)=CC4CC4)C3)sc3nccc1c23. The van der Waals surface area contributed by atoms with Gasteiger partial charge in [0.1, 0.15) is 32.8 Å². The number of hydrogen-bond acceptors (Lipinski definition) is 7. The smallest absolute Gasteiger partial charge is 0.331 e. The third kappa shape index (κ3) is 5.60. The van der Waals surface area contributed by atoms with Gasteiger partial charge in [0.2, 0.25) is 0 Å². The number of allylic oxidation sites excluding steroid dienone is 1. The maximum absolute atomic E-state index is 13.7. The zero-order chi connectivity index (χ0) is 31.1. The molecule has 0 spiro atoms. The van der Waals surface area contributed by atoms with Crippen LogP contribution in [0, 0.1) is 24.2 Å². The molecular formula is C34H30N6O4S. The van der Waals surface area contributed by atoms with Crippen LogP contribution in [-0.4, -0.2) is 46.9 Å². The van der Waals surface area contributed by atoms with Gasteiger partial charge in [0.25, 0.3) is 11.8 Å². The molecule has 1 atom stereocenters. The summed E-state index contributed by atoms with van der Waals surface area (Å²) in [6, 6.07) is 18.2. The Balaban J connectivity index is 1.15. The van der Waals surface area contributed by atoms with Crippen molar-refractivity contribution >= 4 is 56.5 Å². The highest BCUT2D eigenvalue weighted by atomic mass is 32.1. The van der Waals surface area contributed by atoms with Crippen LogP contribution in [0.15, 0.2) is 72.4 Å². The van der Waals surface area contributed by atoms with Gasteiger partial charge in [-0.05, 0) is 68.4 Å². The number of nitriles is 1. The highest BCUT2D eigenvalue weighted by Crippen LogP contribution is 2.47. The van der Waals surface area contributed by atoms with Gasteiger partial charge in [0.15, 0.2) is 0 Å². The number of likely N-dealkylation sites (tertiary alicyclic amines) is 1. The average molecular weight is 619 g/mol. The number of piperidine rings is 1. The Morgan fingerprint density at radius 1 is 1.11 bits per heavy atom. The molecule has 2 fully saturated rings. The number of amides is 4. The van der Waals surface area contributed by atoms with Gasteiger partial charge >= 0.3 is 6.03 Å². The van der Waals surface area contributed by atoms with Gasteiger partial charge in [-0.2, -0.15) is 5.26 Å². The molecule has 10 nitrogen and oxygen atoms in total. The van der Waals surface area contributed by atoms with E-state index in [4.69, 9.17) is 4.74 Å². The van der Waals surface area contributed by atoms with Gasteiger partial charge in [-0.3, -0.25) is 14.5 Å². The van der Waals surface area contributed by atoms with Crippen molar-refractivity contribution < 1.29 is 19.1 Å². The van der Waals surface area contributed by atoms with Crippen molar-refractivity contribution in [2.45, 2.75) is 38.6 Å². The number of thiophene rings is 1. The van der Waals surface area contributed by atoms with E-state index in [0.717, 1.165) is 18.4 Å². The summed E-state index contributed by atoms with van der Waals surface area (Å²) in [4.78, 5) is 49.2. The summed E-state index contributed by atoms with van der Waals surface area (Å²) >= 11 is 1.22. The van der Waals surface area contributed by atoms with Gasteiger partial charge in [-0.15, -0.1) is 11.3 Å². The fourth-order valence-corrected chi connectivity index (χ4v) is 6.88. The van der Waals surface area contributed by atoms with Gasteiger partial charge in [0, 0.05) is 31.4 Å². The van der Waals surface area contributed by atoms with Crippen molar-refractivity contribution in [1.82, 2.24) is 15.2 Å². The van der Waals surface area contributed by atoms with Crippen LogP contribution in [0.1, 0.15) is 40.9 Å². The molecule has 2 aromatic heterocycles. The number of urea groups is 1. The Hall–Kier alpha value is -5.21. The molecular weight excluding hydrogens is 588 g/mol. The summed E-state index contributed by atoms with van der Waals surface area (Å²) in [5.74, 6) is 0.962. The van der Waals surface area contributed by atoms with Crippen molar-refractivity contribution in [3.8, 4) is 17.6 Å². The van der Waals surface area contributed by atoms with Crippen LogP contribution in [0.2, 0.25) is 0 Å². The quantitative estimate of drug-likeness (QED) is 0.176. The van der Waals surface area contributed by atoms with E-state index >= 15 is 0 Å². The summed E-state index contributed by atoms with van der Waals surface area (Å²) < 4.78 is 6.05. The van der Waals surface area contributed by atoms with E-state index in [-0.39, 0.29) is 23.4 Å². The molecule has 7 rings (SSSR count). The van der Waals surface area contributed by atoms with Gasteiger partial charge in [0.05, 0.1) is 22.4 Å². The Labute approximate surface area is 263 Å². The normalized spacial score (nSPS) is 17.9. The summed E-state index contributed by atoms with van der Waals surface area (Å²) in [6.07, 6.45) is 6.84. The van der Waals surface area contributed by atoms with Crippen LogP contribution < -0.4 is 20.3 Å². The number of hydrogen-bond donors (Lipinski definition) is 2. The number of nitrogens with zero attached hydrogens (tertiary/aromatic N) is 4. The minimum absolute atomic E-state index is 0.177. The van der Waals surface area contributed by atoms with E-state index in [0.29, 0.717) is 75.5 Å². The van der Waals surface area contributed by atoms with Crippen molar-refractivity contribution in [1.29, 1.82) is 5.26 Å². The molecule has 1 saturated heterocycles. The van der Waals surface area contributed by atoms with Crippen LogP contribution in [0.25, 0.3) is 10.2 Å². The molecule has 1 aliphatic carbocycles. The lowest BCUT2D eigenvalue weighted by molar-refractivity contribution is -0.128. The predicted molar refractivity (Wildman–Crippen MR) is 172 cm³/mol. The van der Waals surface area contributed by atoms with E-state index < -0.39 is 6.03 Å². The van der Waals surface area contributed by atoms with Crippen LogP contribution in [0.3, 0.4) is 0 Å². The maximum Gasteiger partial charge on any atom is 0.331 e. The van der Waals surface area contributed by atoms with Gasteiger partial charge in [-0.25, -0.2) is 9.78 Å². The van der Waals surface area contributed by atoms with Crippen molar-refractivity contribution in [2.75, 3.05) is 23.3 Å². The summed E-state index contributed by atoms with van der Waals surface area (Å²) in [5, 5.41) is 16.3. The lowest BCUT2D eigenvalue weighted by atomic mass is 10.0. The standard InChI is InChI=1S/C34H30N6O4S/c1-20-9-12-25(44-24-7-3-2-4-8-24)17-27(20)40-26-13-14-36-32-28(26)29(38-34(40)43)30(45-32)31(41)37-23-6-5-15-39(19-23)33(42)22(18-35)16-21-10-11-21/h2-4,7-9,12-14,16-17,21,23H,5-6,10-11,15,19H2,1H3,(H,37,41)(H,38,43). The van der Waals surface area contributed by atoms with Crippen molar-refractivity contribution in [3.63, 3.8) is 0 Å². The maximum atomic E-state index is 13.7. The largest absolute Gasteiger partial charge is 0.457 e.